The van der Waals surface area contributed by atoms with Gasteiger partial charge in [0, 0.05) is 26.2 Å². The second kappa shape index (κ2) is 8.74. The quantitative estimate of drug-likeness (QED) is 0.649. The fourth-order valence-electron chi connectivity index (χ4n) is 3.76. The molecule has 2 aromatic rings. The van der Waals surface area contributed by atoms with Crippen LogP contribution in [0.5, 0.6) is 0 Å². The third-order valence-corrected chi connectivity index (χ3v) is 7.39. The maximum Gasteiger partial charge on any atom is 0.410 e. The number of aromatic nitrogens is 3. The Bertz CT molecular complexity index is 861. The van der Waals surface area contributed by atoms with E-state index in [9.17, 15) is 9.59 Å². The minimum absolute atomic E-state index is 0.00373. The molecule has 2 aliphatic heterocycles. The minimum Gasteiger partial charge on any atom is -0.444 e. The molecule has 0 radical (unpaired) electrons. The molecule has 0 saturated carbocycles. The zero-order valence-electron chi connectivity index (χ0n) is 16.6. The Balaban J connectivity index is 1.27. The Hall–Kier alpha value is -2.07. The number of likely N-dealkylation sites (tertiary alicyclic amines) is 1. The highest BCUT2D eigenvalue weighted by Gasteiger charge is 2.37. The molecule has 0 N–H and O–H groups in total. The van der Waals surface area contributed by atoms with Crippen molar-refractivity contribution in [2.24, 2.45) is 7.05 Å². The standard InChI is InChI=1S/C19H25N5O3S2/c1-3-14-11-24(19(26)27-14)13-6-8-23(9-7-13)16(25)12-29-18-21-20-17(22(18)2)15-5-4-10-28-15/h4-5,10,13-14H,3,6-9,11-12H2,1-2H3. The lowest BCUT2D eigenvalue weighted by Gasteiger charge is -2.35. The van der Waals surface area contributed by atoms with Crippen LogP contribution in [0, 0.1) is 0 Å². The van der Waals surface area contributed by atoms with E-state index >= 15 is 0 Å². The number of piperidine rings is 1. The molecule has 2 fully saturated rings. The van der Waals surface area contributed by atoms with Crippen LogP contribution in [0.15, 0.2) is 22.7 Å². The van der Waals surface area contributed by atoms with Crippen molar-refractivity contribution in [3.63, 3.8) is 0 Å². The first-order chi connectivity index (χ1) is 14.1. The maximum atomic E-state index is 12.7. The van der Waals surface area contributed by atoms with Gasteiger partial charge in [-0.05, 0) is 30.7 Å². The van der Waals surface area contributed by atoms with Crippen LogP contribution in [0.25, 0.3) is 10.7 Å². The second-order valence-corrected chi connectivity index (χ2v) is 9.20. The molecule has 1 unspecified atom stereocenters. The van der Waals surface area contributed by atoms with E-state index in [0.717, 1.165) is 35.1 Å². The van der Waals surface area contributed by atoms with Crippen molar-refractivity contribution in [2.75, 3.05) is 25.4 Å². The third-order valence-electron chi connectivity index (χ3n) is 5.52. The topological polar surface area (TPSA) is 80.6 Å². The van der Waals surface area contributed by atoms with E-state index in [1.807, 2.05) is 45.9 Å². The van der Waals surface area contributed by atoms with E-state index in [1.165, 1.54) is 11.8 Å². The lowest BCUT2D eigenvalue weighted by atomic mass is 10.0. The number of ether oxygens (including phenoxy) is 1. The molecule has 2 aliphatic rings. The van der Waals surface area contributed by atoms with E-state index in [1.54, 1.807) is 11.3 Å². The summed E-state index contributed by atoms with van der Waals surface area (Å²) in [6, 6.07) is 4.17. The van der Waals surface area contributed by atoms with Gasteiger partial charge in [0.05, 0.1) is 17.2 Å². The number of rotatable bonds is 6. The largest absolute Gasteiger partial charge is 0.444 e. The summed E-state index contributed by atoms with van der Waals surface area (Å²) in [7, 11) is 1.92. The number of cyclic esters (lactones) is 1. The monoisotopic (exact) mass is 435 g/mol. The molecule has 29 heavy (non-hydrogen) atoms. The normalized spacial score (nSPS) is 20.3. The SMILES string of the molecule is CCC1CN(C2CCN(C(=O)CSc3nnc(-c4cccs4)n3C)CC2)C(=O)O1. The predicted molar refractivity (Wildman–Crippen MR) is 112 cm³/mol. The van der Waals surface area contributed by atoms with Gasteiger partial charge in [-0.2, -0.15) is 0 Å². The fraction of sp³-hybridized carbons (Fsp3) is 0.579. The number of hydrogen-bond donors (Lipinski definition) is 0. The Kier molecular flexibility index (Phi) is 6.09. The van der Waals surface area contributed by atoms with Crippen LogP contribution in [0.2, 0.25) is 0 Å². The van der Waals surface area contributed by atoms with Crippen LogP contribution in [-0.4, -0.2) is 74.1 Å². The summed E-state index contributed by atoms with van der Waals surface area (Å²) >= 11 is 3.03. The van der Waals surface area contributed by atoms with Crippen LogP contribution < -0.4 is 0 Å². The molecule has 4 heterocycles. The number of carbonyl (C=O) groups is 2. The van der Waals surface area contributed by atoms with E-state index in [4.69, 9.17) is 4.74 Å². The summed E-state index contributed by atoms with van der Waals surface area (Å²) in [4.78, 5) is 29.5. The van der Waals surface area contributed by atoms with Crippen LogP contribution in [-0.2, 0) is 16.6 Å². The van der Waals surface area contributed by atoms with Gasteiger partial charge < -0.3 is 19.1 Å². The zero-order chi connectivity index (χ0) is 20.4. The summed E-state index contributed by atoms with van der Waals surface area (Å²) in [5.74, 6) is 1.26. The van der Waals surface area contributed by atoms with Gasteiger partial charge in [0.2, 0.25) is 5.91 Å². The van der Waals surface area contributed by atoms with E-state index < -0.39 is 0 Å². The highest BCUT2D eigenvalue weighted by atomic mass is 32.2. The first-order valence-electron chi connectivity index (χ1n) is 9.88. The molecule has 0 bridgehead atoms. The third kappa shape index (κ3) is 4.28. The number of thioether (sulfide) groups is 1. The summed E-state index contributed by atoms with van der Waals surface area (Å²) < 4.78 is 7.30. The van der Waals surface area contributed by atoms with Crippen molar-refractivity contribution in [1.29, 1.82) is 0 Å². The van der Waals surface area contributed by atoms with Crippen LogP contribution >= 0.6 is 23.1 Å². The van der Waals surface area contributed by atoms with E-state index in [0.29, 0.717) is 25.4 Å². The lowest BCUT2D eigenvalue weighted by Crippen LogP contribution is -2.47. The second-order valence-electron chi connectivity index (χ2n) is 7.31. The Morgan fingerprint density at radius 2 is 2.14 bits per heavy atom. The summed E-state index contributed by atoms with van der Waals surface area (Å²) in [5.41, 5.74) is 0. The molecule has 0 aromatic carbocycles. The number of hydrogen-bond acceptors (Lipinski definition) is 7. The number of thiophene rings is 1. The van der Waals surface area contributed by atoms with Crippen molar-refractivity contribution < 1.29 is 14.3 Å². The molecule has 2 amide bonds. The van der Waals surface area contributed by atoms with E-state index in [2.05, 4.69) is 10.2 Å². The minimum atomic E-state index is -0.207. The van der Waals surface area contributed by atoms with Crippen molar-refractivity contribution in [1.82, 2.24) is 24.6 Å². The molecule has 0 aliphatic carbocycles. The smallest absolute Gasteiger partial charge is 0.410 e. The maximum absolute atomic E-state index is 12.7. The van der Waals surface area contributed by atoms with Gasteiger partial charge in [-0.3, -0.25) is 4.79 Å². The Morgan fingerprint density at radius 1 is 1.34 bits per heavy atom. The highest BCUT2D eigenvalue weighted by molar-refractivity contribution is 7.99. The van der Waals surface area contributed by atoms with Gasteiger partial charge in [0.1, 0.15) is 6.10 Å². The average Bonchev–Trinajstić information content (AvgIpc) is 3.46. The van der Waals surface area contributed by atoms with Crippen LogP contribution in [0.4, 0.5) is 4.79 Å². The lowest BCUT2D eigenvalue weighted by molar-refractivity contribution is -0.129. The Morgan fingerprint density at radius 3 is 2.79 bits per heavy atom. The molecule has 1 atom stereocenters. The molecule has 2 saturated heterocycles. The van der Waals surface area contributed by atoms with Crippen molar-refractivity contribution in [2.45, 2.75) is 43.5 Å². The number of nitrogens with zero attached hydrogens (tertiary/aromatic N) is 5. The van der Waals surface area contributed by atoms with Crippen molar-refractivity contribution in [3.05, 3.63) is 17.5 Å². The summed E-state index contributed by atoms with van der Waals surface area (Å²) in [6.07, 6.45) is 2.24. The molecule has 2 aromatic heterocycles. The first kappa shape index (κ1) is 20.2. The van der Waals surface area contributed by atoms with Crippen LogP contribution in [0.3, 0.4) is 0 Å². The van der Waals surface area contributed by atoms with E-state index in [-0.39, 0.29) is 24.1 Å². The Labute approximate surface area is 178 Å². The van der Waals surface area contributed by atoms with Gasteiger partial charge in [-0.15, -0.1) is 21.5 Å². The van der Waals surface area contributed by atoms with Gasteiger partial charge in [0.25, 0.3) is 0 Å². The van der Waals surface area contributed by atoms with Gasteiger partial charge in [-0.1, -0.05) is 24.8 Å². The summed E-state index contributed by atoms with van der Waals surface area (Å²) in [6.45, 7) is 4.04. The highest BCUT2D eigenvalue weighted by Crippen LogP contribution is 2.27. The fourth-order valence-corrected chi connectivity index (χ4v) is 5.32. The molecule has 0 spiro atoms. The van der Waals surface area contributed by atoms with Crippen molar-refractivity contribution >= 4 is 35.1 Å². The van der Waals surface area contributed by atoms with Crippen LogP contribution in [0.1, 0.15) is 26.2 Å². The summed E-state index contributed by atoms with van der Waals surface area (Å²) in [5, 5.41) is 11.2. The average molecular weight is 436 g/mol. The molecule has 156 valence electrons. The first-order valence-corrected chi connectivity index (χ1v) is 11.7. The van der Waals surface area contributed by atoms with Crippen molar-refractivity contribution in [3.8, 4) is 10.7 Å². The van der Waals surface area contributed by atoms with Gasteiger partial charge in [-0.25, -0.2) is 4.79 Å². The zero-order valence-corrected chi connectivity index (χ0v) is 18.2. The number of carbonyl (C=O) groups excluding carboxylic acids is 2. The molecular weight excluding hydrogens is 410 g/mol. The molecule has 8 nitrogen and oxygen atoms in total. The van der Waals surface area contributed by atoms with Gasteiger partial charge >= 0.3 is 6.09 Å². The molecule has 4 rings (SSSR count). The molecular formula is C19H25N5O3S2. The predicted octanol–water partition coefficient (Wildman–Crippen LogP) is 2.86. The van der Waals surface area contributed by atoms with Gasteiger partial charge in [0.15, 0.2) is 11.0 Å². The molecule has 10 heteroatoms. The number of amides is 2.